The smallest absolute Gasteiger partial charge is 0.324 e. The van der Waals surface area contributed by atoms with Crippen LogP contribution in [0.15, 0.2) is 18.2 Å². The summed E-state index contributed by atoms with van der Waals surface area (Å²) in [6, 6.07) is 5.75. The van der Waals surface area contributed by atoms with Crippen molar-refractivity contribution < 1.29 is 9.59 Å². The summed E-state index contributed by atoms with van der Waals surface area (Å²) in [6.45, 7) is 1.41. The number of urea groups is 1. The van der Waals surface area contributed by atoms with Crippen LogP contribution < -0.4 is 10.6 Å². The van der Waals surface area contributed by atoms with E-state index in [0.29, 0.717) is 6.54 Å². The molecule has 1 fully saturated rings. The van der Waals surface area contributed by atoms with Crippen LogP contribution in [0.4, 0.5) is 10.5 Å². The van der Waals surface area contributed by atoms with Gasteiger partial charge in [-0.25, -0.2) is 4.79 Å². The topological polar surface area (TPSA) is 61.4 Å². The lowest BCUT2D eigenvalue weighted by molar-refractivity contribution is -0.125. The Labute approximate surface area is 105 Å². The number of rotatable bonds is 2. The second-order valence-electron chi connectivity index (χ2n) is 4.62. The van der Waals surface area contributed by atoms with Gasteiger partial charge in [0, 0.05) is 12.2 Å². The van der Waals surface area contributed by atoms with E-state index < -0.39 is 0 Å². The van der Waals surface area contributed by atoms with Gasteiger partial charge in [0.1, 0.15) is 0 Å². The van der Waals surface area contributed by atoms with Crippen molar-refractivity contribution in [3.63, 3.8) is 0 Å². The zero-order valence-corrected chi connectivity index (χ0v) is 10.0. The lowest BCUT2D eigenvalue weighted by Gasteiger charge is -2.23. The van der Waals surface area contributed by atoms with E-state index in [1.165, 1.54) is 10.5 Å². The largest absolute Gasteiger partial charge is 0.385 e. The highest BCUT2D eigenvalue weighted by Crippen LogP contribution is 2.27. The second-order valence-corrected chi connectivity index (χ2v) is 4.62. The van der Waals surface area contributed by atoms with Crippen LogP contribution >= 0.6 is 0 Å². The number of para-hydroxylation sites is 1. The number of nitrogens with one attached hydrogen (secondary N) is 2. The highest BCUT2D eigenvalue weighted by molar-refractivity contribution is 6.01. The minimum Gasteiger partial charge on any atom is -0.385 e. The predicted octanol–water partition coefficient (Wildman–Crippen LogP) is 1.10. The van der Waals surface area contributed by atoms with E-state index in [1.54, 1.807) is 0 Å². The molecule has 0 atom stereocenters. The molecule has 1 aromatic carbocycles. The minimum absolute atomic E-state index is 0.112. The van der Waals surface area contributed by atoms with Gasteiger partial charge >= 0.3 is 6.03 Å². The third-order valence-corrected chi connectivity index (χ3v) is 3.43. The maximum Gasteiger partial charge on any atom is 0.324 e. The minimum atomic E-state index is -0.298. The van der Waals surface area contributed by atoms with Gasteiger partial charge in [0.15, 0.2) is 0 Å². The number of aryl methyl sites for hydroxylation is 1. The molecule has 2 aliphatic rings. The summed E-state index contributed by atoms with van der Waals surface area (Å²) in [4.78, 5) is 24.4. The fraction of sp³-hybridized carbons (Fsp3) is 0.385. The third kappa shape index (κ3) is 1.81. The van der Waals surface area contributed by atoms with Crippen LogP contribution in [0, 0.1) is 0 Å². The van der Waals surface area contributed by atoms with Crippen molar-refractivity contribution in [2.45, 2.75) is 19.4 Å². The predicted molar refractivity (Wildman–Crippen MR) is 67.2 cm³/mol. The van der Waals surface area contributed by atoms with Crippen molar-refractivity contribution in [3.05, 3.63) is 29.3 Å². The Kier molecular flexibility index (Phi) is 2.66. The maximum absolute atomic E-state index is 11.6. The molecule has 0 unspecified atom stereocenters. The summed E-state index contributed by atoms with van der Waals surface area (Å²) in [5, 5.41) is 5.90. The molecule has 1 aromatic rings. The van der Waals surface area contributed by atoms with Crippen LogP contribution in [-0.2, 0) is 17.8 Å². The van der Waals surface area contributed by atoms with Crippen molar-refractivity contribution in [2.24, 2.45) is 0 Å². The lowest BCUT2D eigenvalue weighted by Crippen LogP contribution is -2.31. The van der Waals surface area contributed by atoms with Crippen LogP contribution in [0.1, 0.15) is 17.5 Å². The van der Waals surface area contributed by atoms with Gasteiger partial charge in [0.05, 0.1) is 13.1 Å². The average Bonchev–Trinajstić information content (AvgIpc) is 2.71. The number of hydrogen-bond acceptors (Lipinski definition) is 3. The van der Waals surface area contributed by atoms with E-state index >= 15 is 0 Å². The quantitative estimate of drug-likeness (QED) is 0.767. The van der Waals surface area contributed by atoms with Crippen molar-refractivity contribution in [1.82, 2.24) is 10.2 Å². The van der Waals surface area contributed by atoms with E-state index in [0.717, 1.165) is 30.6 Å². The van der Waals surface area contributed by atoms with Crippen LogP contribution in [0.2, 0.25) is 0 Å². The first-order valence-electron chi connectivity index (χ1n) is 6.18. The normalized spacial score (nSPS) is 18.3. The molecule has 3 rings (SSSR count). The Morgan fingerprint density at radius 3 is 2.89 bits per heavy atom. The van der Waals surface area contributed by atoms with Gasteiger partial charge in [0.2, 0.25) is 5.91 Å². The summed E-state index contributed by atoms with van der Waals surface area (Å²) < 4.78 is 0. The van der Waals surface area contributed by atoms with Crippen LogP contribution in [0.25, 0.3) is 0 Å². The molecule has 2 heterocycles. The van der Waals surface area contributed by atoms with Crippen molar-refractivity contribution in [3.8, 4) is 0 Å². The van der Waals surface area contributed by atoms with Gasteiger partial charge in [-0.1, -0.05) is 18.2 Å². The summed E-state index contributed by atoms with van der Waals surface area (Å²) >= 11 is 0. The first kappa shape index (κ1) is 11.1. The van der Waals surface area contributed by atoms with E-state index in [1.807, 2.05) is 12.1 Å². The zero-order valence-electron chi connectivity index (χ0n) is 10.0. The Morgan fingerprint density at radius 2 is 2.11 bits per heavy atom. The fourth-order valence-corrected chi connectivity index (χ4v) is 2.50. The number of nitrogens with zero attached hydrogens (tertiary/aromatic N) is 1. The van der Waals surface area contributed by atoms with Crippen LogP contribution in [0.3, 0.4) is 0 Å². The molecule has 2 N–H and O–H groups in total. The van der Waals surface area contributed by atoms with Gasteiger partial charge in [-0.2, -0.15) is 0 Å². The molecule has 3 amide bonds. The molecule has 0 radical (unpaired) electrons. The maximum atomic E-state index is 11.6. The van der Waals surface area contributed by atoms with Gasteiger partial charge in [-0.15, -0.1) is 0 Å². The number of carbonyl (C=O) groups is 2. The summed E-state index contributed by atoms with van der Waals surface area (Å²) in [5.74, 6) is -0.159. The molecule has 18 heavy (non-hydrogen) atoms. The molecular weight excluding hydrogens is 230 g/mol. The summed E-state index contributed by atoms with van der Waals surface area (Å²) in [5.41, 5.74) is 3.37. The van der Waals surface area contributed by atoms with E-state index in [9.17, 15) is 9.59 Å². The van der Waals surface area contributed by atoms with Gasteiger partial charge in [-0.3, -0.25) is 9.69 Å². The van der Waals surface area contributed by atoms with Crippen LogP contribution in [0.5, 0.6) is 0 Å². The third-order valence-electron chi connectivity index (χ3n) is 3.43. The molecule has 1 saturated heterocycles. The van der Waals surface area contributed by atoms with Gasteiger partial charge in [0.25, 0.3) is 0 Å². The molecule has 94 valence electrons. The van der Waals surface area contributed by atoms with Crippen LogP contribution in [-0.4, -0.2) is 29.9 Å². The average molecular weight is 245 g/mol. The monoisotopic (exact) mass is 245 g/mol. The SMILES string of the molecule is O=C1CNC(=O)N1Cc1cccc2c1NCCC2. The highest BCUT2D eigenvalue weighted by atomic mass is 16.2. The van der Waals surface area contributed by atoms with Gasteiger partial charge < -0.3 is 10.6 Å². The molecule has 2 aliphatic heterocycles. The van der Waals surface area contributed by atoms with Crippen molar-refractivity contribution in [1.29, 1.82) is 0 Å². The van der Waals surface area contributed by atoms with Crippen molar-refractivity contribution >= 4 is 17.6 Å². The summed E-state index contributed by atoms with van der Waals surface area (Å²) in [7, 11) is 0. The Balaban J connectivity index is 1.88. The van der Waals surface area contributed by atoms with E-state index in [2.05, 4.69) is 16.7 Å². The Hall–Kier alpha value is -2.04. The molecular formula is C13H15N3O2. The molecule has 0 aromatic heterocycles. The first-order chi connectivity index (χ1) is 8.75. The number of anilines is 1. The lowest BCUT2D eigenvalue weighted by atomic mass is 9.99. The molecule has 0 saturated carbocycles. The second kappa shape index (κ2) is 4.33. The molecule has 0 aliphatic carbocycles. The number of hydrogen-bond donors (Lipinski definition) is 2. The fourth-order valence-electron chi connectivity index (χ4n) is 2.50. The Morgan fingerprint density at radius 1 is 1.22 bits per heavy atom. The standard InChI is InChI=1S/C13H15N3O2/c17-11-7-15-13(18)16(11)8-10-4-1-3-9-5-2-6-14-12(9)10/h1,3-4,14H,2,5-8H2,(H,15,18). The number of imide groups is 1. The van der Waals surface area contributed by atoms with Gasteiger partial charge in [-0.05, 0) is 24.0 Å². The number of carbonyl (C=O) groups excluding carboxylic acids is 2. The number of benzene rings is 1. The zero-order chi connectivity index (χ0) is 12.5. The van der Waals surface area contributed by atoms with E-state index in [-0.39, 0.29) is 18.5 Å². The first-order valence-corrected chi connectivity index (χ1v) is 6.18. The van der Waals surface area contributed by atoms with E-state index in [4.69, 9.17) is 0 Å². The molecule has 5 heteroatoms. The van der Waals surface area contributed by atoms with Crippen molar-refractivity contribution in [2.75, 3.05) is 18.4 Å². The Bertz CT molecular complexity index is 497. The molecule has 0 bridgehead atoms. The highest BCUT2D eigenvalue weighted by Gasteiger charge is 2.29. The number of fused-ring (bicyclic) bond motifs is 1. The molecule has 5 nitrogen and oxygen atoms in total. The molecule has 0 spiro atoms. The summed E-state index contributed by atoms with van der Waals surface area (Å²) in [6.07, 6.45) is 2.18. The number of amides is 3.